The summed E-state index contributed by atoms with van der Waals surface area (Å²) in [4.78, 5) is 4.19. The summed E-state index contributed by atoms with van der Waals surface area (Å²) < 4.78 is 32.1. The summed E-state index contributed by atoms with van der Waals surface area (Å²) in [6, 6.07) is 6.52. The van der Waals surface area contributed by atoms with E-state index in [9.17, 15) is 8.42 Å². The average Bonchev–Trinajstić information content (AvgIpc) is 2.93. The molecule has 0 fully saturated rings. The third-order valence-corrected chi connectivity index (χ3v) is 4.21. The smallest absolute Gasteiger partial charge is 0.241 e. The average molecular weight is 295 g/mol. The minimum Gasteiger partial charge on any atom is -0.444 e. The number of aromatic nitrogens is 1. The zero-order valence-electron chi connectivity index (χ0n) is 11.2. The fraction of sp³-hybridized carbons (Fsp3) is 0.308. The molecule has 108 valence electrons. The molecular weight excluding hydrogens is 278 g/mol. The SMILES string of the molecule is CCc1cnc(CNS(=O)(=O)c2cccc(CN)c2)o1. The number of nitrogens with zero attached hydrogens (tertiary/aromatic N) is 1. The van der Waals surface area contributed by atoms with Crippen LogP contribution in [0.3, 0.4) is 0 Å². The van der Waals surface area contributed by atoms with Crippen molar-refractivity contribution in [3.8, 4) is 0 Å². The van der Waals surface area contributed by atoms with E-state index in [4.69, 9.17) is 10.2 Å². The van der Waals surface area contributed by atoms with Gasteiger partial charge in [-0.2, -0.15) is 0 Å². The van der Waals surface area contributed by atoms with Crippen LogP contribution in [0.15, 0.2) is 39.8 Å². The van der Waals surface area contributed by atoms with Crippen LogP contribution in [0, 0.1) is 0 Å². The van der Waals surface area contributed by atoms with Gasteiger partial charge in [-0.3, -0.25) is 0 Å². The van der Waals surface area contributed by atoms with Crippen LogP contribution in [0.25, 0.3) is 0 Å². The fourth-order valence-corrected chi connectivity index (χ4v) is 2.72. The van der Waals surface area contributed by atoms with Crippen LogP contribution in [0.2, 0.25) is 0 Å². The van der Waals surface area contributed by atoms with Gasteiger partial charge in [-0.05, 0) is 17.7 Å². The lowest BCUT2D eigenvalue weighted by Gasteiger charge is -2.06. The Balaban J connectivity index is 2.10. The van der Waals surface area contributed by atoms with Crippen LogP contribution in [0.1, 0.15) is 24.1 Å². The molecule has 1 heterocycles. The maximum absolute atomic E-state index is 12.1. The van der Waals surface area contributed by atoms with Gasteiger partial charge in [0.1, 0.15) is 5.76 Å². The number of hydrogen-bond donors (Lipinski definition) is 2. The van der Waals surface area contributed by atoms with Crippen LogP contribution in [0.5, 0.6) is 0 Å². The van der Waals surface area contributed by atoms with Crippen LogP contribution in [-0.4, -0.2) is 13.4 Å². The number of aryl methyl sites for hydroxylation is 1. The normalized spacial score (nSPS) is 11.7. The third kappa shape index (κ3) is 3.44. The van der Waals surface area contributed by atoms with Gasteiger partial charge < -0.3 is 10.2 Å². The first-order chi connectivity index (χ1) is 9.55. The minimum absolute atomic E-state index is 0.0230. The van der Waals surface area contributed by atoms with Gasteiger partial charge in [0, 0.05) is 13.0 Å². The van der Waals surface area contributed by atoms with Crippen molar-refractivity contribution in [2.75, 3.05) is 0 Å². The van der Waals surface area contributed by atoms with E-state index in [0.29, 0.717) is 12.4 Å². The Morgan fingerprint density at radius 2 is 2.20 bits per heavy atom. The molecule has 2 rings (SSSR count). The number of nitrogens with two attached hydrogens (primary N) is 1. The summed E-state index contributed by atoms with van der Waals surface area (Å²) in [5.41, 5.74) is 6.27. The molecule has 1 aromatic carbocycles. The standard InChI is InChI=1S/C13H17N3O3S/c1-2-11-8-15-13(19-11)9-16-20(17,18)12-5-3-4-10(6-12)7-14/h3-6,8,16H,2,7,9,14H2,1H3. The van der Waals surface area contributed by atoms with Crippen molar-refractivity contribution < 1.29 is 12.8 Å². The number of oxazole rings is 1. The van der Waals surface area contributed by atoms with Gasteiger partial charge in [0.25, 0.3) is 0 Å². The Kier molecular flexibility index (Phi) is 4.53. The third-order valence-electron chi connectivity index (χ3n) is 2.81. The lowest BCUT2D eigenvalue weighted by molar-refractivity contribution is 0.452. The van der Waals surface area contributed by atoms with Gasteiger partial charge in [-0.25, -0.2) is 18.1 Å². The van der Waals surface area contributed by atoms with E-state index in [1.54, 1.807) is 24.4 Å². The monoisotopic (exact) mass is 295 g/mol. The summed E-state index contributed by atoms with van der Waals surface area (Å²) in [6.07, 6.45) is 2.32. The first-order valence-corrected chi connectivity index (χ1v) is 7.75. The molecule has 20 heavy (non-hydrogen) atoms. The lowest BCUT2D eigenvalue weighted by atomic mass is 10.2. The quantitative estimate of drug-likeness (QED) is 0.833. The summed E-state index contributed by atoms with van der Waals surface area (Å²) in [5.74, 6) is 1.07. The van der Waals surface area contributed by atoms with Crippen LogP contribution in [0.4, 0.5) is 0 Å². The highest BCUT2D eigenvalue weighted by molar-refractivity contribution is 7.89. The van der Waals surface area contributed by atoms with E-state index in [2.05, 4.69) is 9.71 Å². The van der Waals surface area contributed by atoms with E-state index in [1.807, 2.05) is 6.92 Å². The van der Waals surface area contributed by atoms with Crippen molar-refractivity contribution in [1.29, 1.82) is 0 Å². The molecule has 2 aromatic rings. The Bertz CT molecular complexity index is 680. The molecule has 1 aromatic heterocycles. The predicted molar refractivity (Wildman–Crippen MR) is 74.2 cm³/mol. The second-order valence-electron chi connectivity index (χ2n) is 4.25. The van der Waals surface area contributed by atoms with Crippen molar-refractivity contribution in [3.05, 3.63) is 47.7 Å². The highest BCUT2D eigenvalue weighted by atomic mass is 32.2. The highest BCUT2D eigenvalue weighted by Gasteiger charge is 2.15. The first kappa shape index (κ1) is 14.7. The molecule has 0 radical (unpaired) electrons. The molecular formula is C13H17N3O3S. The van der Waals surface area contributed by atoms with E-state index in [-0.39, 0.29) is 11.4 Å². The molecule has 0 aliphatic carbocycles. The summed E-state index contributed by atoms with van der Waals surface area (Å²) in [7, 11) is -3.59. The summed E-state index contributed by atoms with van der Waals surface area (Å²) in [6.45, 7) is 2.25. The van der Waals surface area contributed by atoms with Gasteiger partial charge in [0.15, 0.2) is 0 Å². The molecule has 0 saturated carbocycles. The van der Waals surface area contributed by atoms with E-state index >= 15 is 0 Å². The van der Waals surface area contributed by atoms with Crippen LogP contribution < -0.4 is 10.5 Å². The minimum atomic E-state index is -3.59. The number of benzene rings is 1. The van der Waals surface area contributed by atoms with Crippen molar-refractivity contribution >= 4 is 10.0 Å². The number of sulfonamides is 1. The molecule has 0 aliphatic rings. The van der Waals surface area contributed by atoms with Crippen molar-refractivity contribution in [3.63, 3.8) is 0 Å². The zero-order chi connectivity index (χ0) is 14.6. The Morgan fingerprint density at radius 3 is 2.85 bits per heavy atom. The van der Waals surface area contributed by atoms with Gasteiger partial charge in [0.05, 0.1) is 17.6 Å². The van der Waals surface area contributed by atoms with E-state index in [0.717, 1.165) is 17.7 Å². The Labute approximate surface area is 118 Å². The molecule has 0 unspecified atom stereocenters. The largest absolute Gasteiger partial charge is 0.444 e. The Hall–Kier alpha value is -1.70. The maximum Gasteiger partial charge on any atom is 0.241 e. The van der Waals surface area contributed by atoms with E-state index in [1.165, 1.54) is 6.07 Å². The maximum atomic E-state index is 12.1. The Morgan fingerprint density at radius 1 is 1.40 bits per heavy atom. The molecule has 0 saturated heterocycles. The molecule has 6 nitrogen and oxygen atoms in total. The number of nitrogens with one attached hydrogen (secondary N) is 1. The molecule has 0 spiro atoms. The molecule has 0 aliphatic heterocycles. The first-order valence-electron chi connectivity index (χ1n) is 6.27. The number of rotatable bonds is 6. The van der Waals surface area contributed by atoms with Crippen LogP contribution >= 0.6 is 0 Å². The van der Waals surface area contributed by atoms with Gasteiger partial charge in [0.2, 0.25) is 15.9 Å². The highest BCUT2D eigenvalue weighted by Crippen LogP contribution is 2.12. The van der Waals surface area contributed by atoms with Gasteiger partial charge >= 0.3 is 0 Å². The van der Waals surface area contributed by atoms with Gasteiger partial charge in [-0.15, -0.1) is 0 Å². The van der Waals surface area contributed by atoms with E-state index < -0.39 is 10.0 Å². The summed E-state index contributed by atoms with van der Waals surface area (Å²) >= 11 is 0. The molecule has 0 atom stereocenters. The molecule has 0 bridgehead atoms. The second-order valence-corrected chi connectivity index (χ2v) is 6.02. The number of hydrogen-bond acceptors (Lipinski definition) is 5. The van der Waals surface area contributed by atoms with Crippen molar-refractivity contribution in [1.82, 2.24) is 9.71 Å². The predicted octanol–water partition coefficient (Wildman–Crippen LogP) is 1.17. The van der Waals surface area contributed by atoms with Crippen molar-refractivity contribution in [2.24, 2.45) is 5.73 Å². The topological polar surface area (TPSA) is 98.2 Å². The molecule has 3 N–H and O–H groups in total. The zero-order valence-corrected chi connectivity index (χ0v) is 12.0. The second kappa shape index (κ2) is 6.17. The molecule has 0 amide bonds. The van der Waals surface area contributed by atoms with Gasteiger partial charge in [-0.1, -0.05) is 19.1 Å². The fourth-order valence-electron chi connectivity index (χ4n) is 1.67. The van der Waals surface area contributed by atoms with Crippen molar-refractivity contribution in [2.45, 2.75) is 31.3 Å². The van der Waals surface area contributed by atoms with Crippen LogP contribution in [-0.2, 0) is 29.5 Å². The lowest BCUT2D eigenvalue weighted by Crippen LogP contribution is -2.23. The molecule has 7 heteroatoms. The summed E-state index contributed by atoms with van der Waals surface area (Å²) in [5, 5.41) is 0.